The summed E-state index contributed by atoms with van der Waals surface area (Å²) in [4.78, 5) is 29.0. The lowest BCUT2D eigenvalue weighted by Gasteiger charge is -2.47. The van der Waals surface area contributed by atoms with E-state index in [4.69, 9.17) is 12.2 Å². The summed E-state index contributed by atoms with van der Waals surface area (Å²) >= 11 is 5.12. The molecule has 2 amide bonds. The van der Waals surface area contributed by atoms with E-state index >= 15 is 4.39 Å². The highest BCUT2D eigenvalue weighted by molar-refractivity contribution is 7.80. The van der Waals surface area contributed by atoms with Gasteiger partial charge >= 0.3 is 0 Å². The van der Waals surface area contributed by atoms with E-state index in [0.717, 1.165) is 35.5 Å². The number of hydrogen-bond acceptors (Lipinski definition) is 4. The minimum Gasteiger partial charge on any atom is -0.366 e. The molecule has 0 bridgehead atoms. The van der Waals surface area contributed by atoms with Crippen LogP contribution >= 0.6 is 12.2 Å². The first kappa shape index (κ1) is 24.0. The van der Waals surface area contributed by atoms with E-state index in [-0.39, 0.29) is 33.4 Å². The Morgan fingerprint density at radius 3 is 2.53 bits per heavy atom. The number of carbonyl (C=O) groups is 2. The van der Waals surface area contributed by atoms with Gasteiger partial charge in [-0.25, -0.2) is 13.7 Å². The van der Waals surface area contributed by atoms with Gasteiger partial charge in [-0.1, -0.05) is 26.0 Å². The highest BCUT2D eigenvalue weighted by atomic mass is 32.1. The molecule has 2 aliphatic rings. The van der Waals surface area contributed by atoms with Gasteiger partial charge in [0.05, 0.1) is 5.69 Å². The van der Waals surface area contributed by atoms with E-state index in [1.54, 1.807) is 12.1 Å². The van der Waals surface area contributed by atoms with Gasteiger partial charge in [0.1, 0.15) is 17.2 Å². The third kappa shape index (κ3) is 4.11. The van der Waals surface area contributed by atoms with Crippen LogP contribution in [0.5, 0.6) is 0 Å². The van der Waals surface area contributed by atoms with E-state index in [2.05, 4.69) is 37.9 Å². The Morgan fingerprint density at radius 1 is 1.15 bits per heavy atom. The summed E-state index contributed by atoms with van der Waals surface area (Å²) in [5.74, 6) is -2.60. The van der Waals surface area contributed by atoms with Gasteiger partial charge in [-0.15, -0.1) is 0 Å². The van der Waals surface area contributed by atoms with Crippen LogP contribution in [-0.4, -0.2) is 29.0 Å². The monoisotopic (exact) mass is 483 g/mol. The number of carbonyl (C=O) groups excluding carboxylic acids is 2. The van der Waals surface area contributed by atoms with Gasteiger partial charge in [-0.3, -0.25) is 14.9 Å². The third-order valence-electron chi connectivity index (χ3n) is 6.45. The first-order valence-corrected chi connectivity index (χ1v) is 11.7. The van der Waals surface area contributed by atoms with Crippen LogP contribution in [0.1, 0.15) is 57.6 Å². The summed E-state index contributed by atoms with van der Waals surface area (Å²) in [5, 5.41) is 2.19. The second-order valence-corrected chi connectivity index (χ2v) is 9.80. The minimum atomic E-state index is -0.808. The van der Waals surface area contributed by atoms with Gasteiger partial charge in [-0.05, 0) is 80.7 Å². The van der Waals surface area contributed by atoms with Crippen molar-refractivity contribution in [3.05, 3.63) is 64.7 Å². The van der Waals surface area contributed by atoms with Crippen molar-refractivity contribution in [2.24, 2.45) is 0 Å². The Labute approximate surface area is 203 Å². The fraction of sp³-hybridized carbons (Fsp3) is 0.346. The number of thiocarbonyl (C=S) groups is 1. The second-order valence-electron chi connectivity index (χ2n) is 9.41. The number of halogens is 2. The third-order valence-corrected chi connectivity index (χ3v) is 6.73. The largest absolute Gasteiger partial charge is 0.366 e. The number of benzene rings is 2. The molecule has 1 unspecified atom stereocenters. The number of nitrogens with one attached hydrogen (secondary N) is 1. The van der Waals surface area contributed by atoms with Crippen molar-refractivity contribution in [2.45, 2.75) is 52.0 Å². The van der Waals surface area contributed by atoms with Crippen LogP contribution in [0.25, 0.3) is 6.08 Å². The SMILES string of the molecule is CCCN1c2cc(F)c(/C=C3/C(=O)NC(=S)N(c4ccccc4F)C3=O)cc2C(C)CC1(C)C. The van der Waals surface area contributed by atoms with Crippen LogP contribution in [0.15, 0.2) is 42.0 Å². The topological polar surface area (TPSA) is 52.7 Å². The normalized spacial score (nSPS) is 21.1. The first-order chi connectivity index (χ1) is 16.0. The molecule has 2 aromatic carbocycles. The molecule has 1 atom stereocenters. The van der Waals surface area contributed by atoms with E-state index in [0.29, 0.717) is 0 Å². The number of amides is 2. The standard InChI is InChI=1S/C26H27F2N3O2S/c1-5-10-30-22-13-20(28)16(11-17(22)15(2)14-26(30,3)4)12-18-23(32)29-25(34)31(24(18)33)21-9-7-6-8-19(21)27/h6-9,11-13,15H,5,10,14H2,1-4H3,(H,29,32,34)/b18-12-. The lowest BCUT2D eigenvalue weighted by atomic mass is 9.79. The first-order valence-electron chi connectivity index (χ1n) is 11.3. The molecule has 0 aliphatic carbocycles. The number of rotatable bonds is 4. The summed E-state index contributed by atoms with van der Waals surface area (Å²) in [6, 6.07) is 8.82. The van der Waals surface area contributed by atoms with Gasteiger partial charge in [-0.2, -0.15) is 0 Å². The molecule has 0 aromatic heterocycles. The summed E-state index contributed by atoms with van der Waals surface area (Å²) in [6.07, 6.45) is 3.03. The van der Waals surface area contributed by atoms with Crippen LogP contribution in [0.3, 0.4) is 0 Å². The molecule has 5 nitrogen and oxygen atoms in total. The quantitative estimate of drug-likeness (QED) is 0.364. The molecule has 0 spiro atoms. The van der Waals surface area contributed by atoms with E-state index in [9.17, 15) is 14.0 Å². The molecular formula is C26H27F2N3O2S. The van der Waals surface area contributed by atoms with Crippen molar-refractivity contribution in [3.8, 4) is 0 Å². The van der Waals surface area contributed by atoms with Gasteiger partial charge in [0, 0.05) is 23.3 Å². The fourth-order valence-corrected chi connectivity index (χ4v) is 5.22. The van der Waals surface area contributed by atoms with Crippen molar-refractivity contribution in [3.63, 3.8) is 0 Å². The smallest absolute Gasteiger partial charge is 0.270 e. The van der Waals surface area contributed by atoms with Gasteiger partial charge in [0.25, 0.3) is 11.8 Å². The molecule has 34 heavy (non-hydrogen) atoms. The molecule has 0 saturated carbocycles. The molecule has 1 N–H and O–H groups in total. The van der Waals surface area contributed by atoms with Crippen LogP contribution in [0.4, 0.5) is 20.2 Å². The number of anilines is 2. The molecule has 2 aliphatic heterocycles. The highest BCUT2D eigenvalue weighted by Crippen LogP contribution is 2.44. The van der Waals surface area contributed by atoms with Crippen LogP contribution in [-0.2, 0) is 9.59 Å². The highest BCUT2D eigenvalue weighted by Gasteiger charge is 2.38. The van der Waals surface area contributed by atoms with Gasteiger partial charge in [0.2, 0.25) is 0 Å². The van der Waals surface area contributed by atoms with E-state index < -0.39 is 23.4 Å². The fourth-order valence-electron chi connectivity index (χ4n) is 4.94. The number of para-hydroxylation sites is 1. The van der Waals surface area contributed by atoms with Crippen molar-refractivity contribution in [2.75, 3.05) is 16.3 Å². The van der Waals surface area contributed by atoms with Crippen LogP contribution in [0, 0.1) is 11.6 Å². The lowest BCUT2D eigenvalue weighted by Crippen LogP contribution is -2.54. The predicted molar refractivity (Wildman–Crippen MR) is 134 cm³/mol. The average Bonchev–Trinajstić information content (AvgIpc) is 2.75. The van der Waals surface area contributed by atoms with E-state index in [1.807, 2.05) is 0 Å². The van der Waals surface area contributed by atoms with Crippen LogP contribution in [0.2, 0.25) is 0 Å². The molecule has 2 heterocycles. The maximum atomic E-state index is 15.3. The Kier molecular flexibility index (Phi) is 6.29. The van der Waals surface area contributed by atoms with Crippen molar-refractivity contribution >= 4 is 46.6 Å². The lowest BCUT2D eigenvalue weighted by molar-refractivity contribution is -0.122. The maximum absolute atomic E-state index is 15.3. The minimum absolute atomic E-state index is 0.0830. The van der Waals surface area contributed by atoms with E-state index in [1.165, 1.54) is 30.3 Å². The molecule has 0 radical (unpaired) electrons. The number of hydrogen-bond donors (Lipinski definition) is 1. The summed E-state index contributed by atoms with van der Waals surface area (Å²) < 4.78 is 29.7. The molecule has 1 fully saturated rings. The molecule has 178 valence electrons. The van der Waals surface area contributed by atoms with Crippen molar-refractivity contribution in [1.82, 2.24) is 5.32 Å². The Hall–Kier alpha value is -3.13. The second kappa shape index (κ2) is 8.91. The Bertz CT molecular complexity index is 1220. The Morgan fingerprint density at radius 2 is 1.85 bits per heavy atom. The molecule has 2 aromatic rings. The zero-order chi connectivity index (χ0) is 24.8. The summed E-state index contributed by atoms with van der Waals surface area (Å²) in [6.45, 7) is 9.28. The molecular weight excluding hydrogens is 456 g/mol. The average molecular weight is 484 g/mol. The van der Waals surface area contributed by atoms with Crippen molar-refractivity contribution in [1.29, 1.82) is 0 Å². The molecule has 1 saturated heterocycles. The summed E-state index contributed by atoms with van der Waals surface area (Å²) in [7, 11) is 0. The molecule has 8 heteroatoms. The zero-order valence-corrected chi connectivity index (χ0v) is 20.4. The predicted octanol–water partition coefficient (Wildman–Crippen LogP) is 5.30. The maximum Gasteiger partial charge on any atom is 0.270 e. The van der Waals surface area contributed by atoms with Gasteiger partial charge in [0.15, 0.2) is 5.11 Å². The summed E-state index contributed by atoms with van der Waals surface area (Å²) in [5.41, 5.74) is 1.40. The number of nitrogens with zero attached hydrogens (tertiary/aromatic N) is 2. The van der Waals surface area contributed by atoms with Crippen molar-refractivity contribution < 1.29 is 18.4 Å². The zero-order valence-electron chi connectivity index (χ0n) is 19.6. The van der Waals surface area contributed by atoms with Gasteiger partial charge < -0.3 is 4.90 Å². The molecule has 4 rings (SSSR count). The van der Waals surface area contributed by atoms with Crippen LogP contribution < -0.4 is 15.1 Å². The number of fused-ring (bicyclic) bond motifs is 1. The Balaban J connectivity index is 1.79.